The summed E-state index contributed by atoms with van der Waals surface area (Å²) in [6.07, 6.45) is 14.7. The summed E-state index contributed by atoms with van der Waals surface area (Å²) in [5.41, 5.74) is 10.8. The third kappa shape index (κ3) is 7.50. The van der Waals surface area contributed by atoms with E-state index in [9.17, 15) is 0 Å². The van der Waals surface area contributed by atoms with E-state index in [1.54, 1.807) is 0 Å². The monoisotopic (exact) mass is 665 g/mol. The van der Waals surface area contributed by atoms with Gasteiger partial charge in [-0.3, -0.25) is 0 Å². The van der Waals surface area contributed by atoms with Gasteiger partial charge in [0.05, 0.1) is 6.07 Å². The van der Waals surface area contributed by atoms with Gasteiger partial charge in [0.1, 0.15) is 37.1 Å². The first-order valence-electron chi connectivity index (χ1n) is 17.9. The van der Waals surface area contributed by atoms with Crippen LogP contribution in [0.1, 0.15) is 83.3 Å². The summed E-state index contributed by atoms with van der Waals surface area (Å²) in [5, 5.41) is 1.13. The van der Waals surface area contributed by atoms with Crippen molar-refractivity contribution in [2.24, 2.45) is 5.41 Å². The molecule has 0 atom stereocenters. The maximum absolute atomic E-state index is 6.51. The van der Waals surface area contributed by atoms with Gasteiger partial charge >= 0.3 is 0 Å². The van der Waals surface area contributed by atoms with Gasteiger partial charge < -0.3 is 14.1 Å². The van der Waals surface area contributed by atoms with Gasteiger partial charge in [0.25, 0.3) is 0 Å². The third-order valence-electron chi connectivity index (χ3n) is 9.60. The smallest absolute Gasteiger partial charge is 0.203 e. The van der Waals surface area contributed by atoms with Crippen LogP contribution in [0.5, 0.6) is 5.75 Å². The lowest BCUT2D eigenvalue weighted by atomic mass is 9.82. The molecule has 0 fully saturated rings. The minimum atomic E-state index is -0.119. The fourth-order valence-corrected chi connectivity index (χ4v) is 6.59. The molecule has 0 radical (unpaired) electrons. The minimum Gasteiger partial charge on any atom is -0.460 e. The van der Waals surface area contributed by atoms with Crippen LogP contribution in [0, 0.1) is 5.41 Å². The Bertz CT molecular complexity index is 2100. The van der Waals surface area contributed by atoms with Crippen LogP contribution in [0.15, 0.2) is 118 Å². The zero-order valence-corrected chi connectivity index (χ0v) is 31.6. The molecule has 2 aromatic rings. The van der Waals surface area contributed by atoms with E-state index in [2.05, 4.69) is 182 Å². The number of fused-ring (bicyclic) bond motifs is 2. The van der Waals surface area contributed by atoms with Crippen LogP contribution in [-0.4, -0.2) is 28.2 Å². The van der Waals surface area contributed by atoms with E-state index in [0.29, 0.717) is 0 Å². The number of benzene rings is 3. The number of nitrogens with zero attached hydrogens (tertiary/aromatic N) is 2. The van der Waals surface area contributed by atoms with Crippen LogP contribution in [0.3, 0.4) is 0 Å². The van der Waals surface area contributed by atoms with Crippen LogP contribution in [0.2, 0.25) is 0 Å². The van der Waals surface area contributed by atoms with Crippen molar-refractivity contribution < 1.29 is 9.15 Å². The van der Waals surface area contributed by atoms with E-state index in [4.69, 9.17) is 9.15 Å². The Labute approximate surface area is 299 Å². The molecule has 6 rings (SSSR count). The molecular weight excluding hydrogens is 613 g/mol. The third-order valence-corrected chi connectivity index (χ3v) is 9.60. The molecule has 2 aliphatic heterocycles. The fourth-order valence-electron chi connectivity index (χ4n) is 6.59. The summed E-state index contributed by atoms with van der Waals surface area (Å²) >= 11 is 0. The summed E-state index contributed by atoms with van der Waals surface area (Å²) in [6.45, 7) is 13.3. The molecule has 4 nitrogen and oxygen atoms in total. The number of hydrogen-bond donors (Lipinski definition) is 0. The Morgan fingerprint density at radius 3 is 2.18 bits per heavy atom. The van der Waals surface area contributed by atoms with Gasteiger partial charge in [0.2, 0.25) is 5.36 Å². The average Bonchev–Trinajstić information content (AvgIpc) is 3.08. The summed E-state index contributed by atoms with van der Waals surface area (Å²) in [7, 11) is 8.27. The molecule has 0 spiro atoms. The summed E-state index contributed by atoms with van der Waals surface area (Å²) < 4.78 is 15.1. The van der Waals surface area contributed by atoms with Gasteiger partial charge in [-0.1, -0.05) is 96.2 Å². The molecule has 50 heavy (non-hydrogen) atoms. The zero-order valence-electron chi connectivity index (χ0n) is 31.6. The minimum absolute atomic E-state index is 0.119. The van der Waals surface area contributed by atoms with E-state index >= 15 is 0 Å². The number of hydrogen-bond acceptors (Lipinski definition) is 3. The standard InChI is InChI=1S/C46H53N2O2/c1-45(2,3)42-27-34(38-25-23-36(47(7)8)29-40(38)49-42)21-19-32-17-14-18-33(44(32)31-15-12-11-13-16-31)20-22-35-28-43(46(4,5)6)50-41-30-37(48(9)10)24-26-39(35)41/h11-13,15-16,19-30H,14,17-18H2,1-10H3/q+1. The summed E-state index contributed by atoms with van der Waals surface area (Å²) in [5.74, 6) is 3.78. The predicted octanol–water partition coefficient (Wildman–Crippen LogP) is 10.8. The van der Waals surface area contributed by atoms with E-state index in [1.807, 2.05) is 0 Å². The normalized spacial score (nSPS) is 17.0. The van der Waals surface area contributed by atoms with Crippen molar-refractivity contribution in [3.8, 4) is 17.1 Å². The number of rotatable bonds is 5. The molecule has 0 aromatic heterocycles. The first-order valence-corrected chi connectivity index (χ1v) is 17.9. The Balaban J connectivity index is 1.49. The molecule has 2 aliphatic carbocycles. The molecular formula is C46H53N2O2+. The van der Waals surface area contributed by atoms with Crippen molar-refractivity contribution in [1.29, 1.82) is 0 Å². The van der Waals surface area contributed by atoms with Crippen molar-refractivity contribution in [3.05, 3.63) is 142 Å². The lowest BCUT2D eigenvalue weighted by Gasteiger charge is -2.29. The molecule has 0 N–H and O–H groups in total. The molecule has 0 unspecified atom stereocenters. The van der Waals surface area contributed by atoms with Crippen molar-refractivity contribution in [1.82, 2.24) is 4.58 Å². The van der Waals surface area contributed by atoms with Crippen molar-refractivity contribution in [3.63, 3.8) is 0 Å². The van der Waals surface area contributed by atoms with Gasteiger partial charge in [-0.15, -0.1) is 0 Å². The Morgan fingerprint density at radius 2 is 1.50 bits per heavy atom. The fraction of sp³-hybridized carbons (Fsp3) is 0.326. The van der Waals surface area contributed by atoms with E-state index in [0.717, 1.165) is 64.5 Å². The molecule has 258 valence electrons. The van der Waals surface area contributed by atoms with Crippen LogP contribution in [0.25, 0.3) is 28.5 Å². The molecule has 0 saturated carbocycles. The summed E-state index contributed by atoms with van der Waals surface area (Å²) in [4.78, 5) is 2.12. The second-order valence-electron chi connectivity index (χ2n) is 16.1. The molecule has 0 amide bonds. The zero-order chi connectivity index (χ0) is 35.8. The van der Waals surface area contributed by atoms with Crippen LogP contribution >= 0.6 is 0 Å². The number of allylic oxidation sites excluding steroid dienone is 9. The van der Waals surface area contributed by atoms with Gasteiger partial charge in [0, 0.05) is 53.9 Å². The van der Waals surface area contributed by atoms with Crippen molar-refractivity contribution >= 4 is 22.9 Å². The van der Waals surface area contributed by atoms with Gasteiger partial charge in [-0.25, -0.2) is 4.58 Å². The second kappa shape index (κ2) is 13.8. The van der Waals surface area contributed by atoms with Crippen molar-refractivity contribution in [2.45, 2.75) is 66.2 Å². The van der Waals surface area contributed by atoms with Gasteiger partial charge in [-0.2, -0.15) is 0 Å². The maximum atomic E-state index is 6.51. The molecule has 4 aliphatic rings. The first-order chi connectivity index (χ1) is 23.7. The van der Waals surface area contributed by atoms with Gasteiger partial charge in [0.15, 0.2) is 0 Å². The molecule has 4 heteroatoms. The van der Waals surface area contributed by atoms with Gasteiger partial charge in [-0.05, 0) is 83.0 Å². The first kappa shape index (κ1) is 35.0. The highest BCUT2D eigenvalue weighted by atomic mass is 16.5. The predicted molar refractivity (Wildman–Crippen MR) is 212 cm³/mol. The van der Waals surface area contributed by atoms with E-state index < -0.39 is 0 Å². The maximum Gasteiger partial charge on any atom is 0.203 e. The number of anilines is 1. The quantitative estimate of drug-likeness (QED) is 0.199. The van der Waals surface area contributed by atoms with E-state index in [-0.39, 0.29) is 10.8 Å². The average molecular weight is 666 g/mol. The van der Waals surface area contributed by atoms with Crippen LogP contribution in [0.4, 0.5) is 5.69 Å². The Kier molecular flexibility index (Phi) is 9.68. The molecule has 0 bridgehead atoms. The Hall–Kier alpha value is -4.83. The SMILES string of the molecule is CN(C)c1ccc2c(c1)OC(C(C)(C)C)=C/C2=C\C=C1/CCCC(/C=C/c2cc(C(C)(C)C)oc3cc(=[N+](C)C)ccc2-3)=C1c1ccccc1. The highest BCUT2D eigenvalue weighted by Gasteiger charge is 2.27. The van der Waals surface area contributed by atoms with E-state index in [1.165, 1.54) is 33.4 Å². The molecule has 0 saturated heterocycles. The molecule has 2 aromatic carbocycles. The summed E-state index contributed by atoms with van der Waals surface area (Å²) in [6, 6.07) is 26.1. The number of ether oxygens (including phenoxy) is 1. The molecule has 2 heterocycles. The highest BCUT2D eigenvalue weighted by Crippen LogP contribution is 2.43. The largest absolute Gasteiger partial charge is 0.460 e. The lowest BCUT2D eigenvalue weighted by molar-refractivity contribution is 0.291. The van der Waals surface area contributed by atoms with Crippen LogP contribution in [-0.2, 0) is 5.41 Å². The highest BCUT2D eigenvalue weighted by molar-refractivity contribution is 5.88. The lowest BCUT2D eigenvalue weighted by Crippen LogP contribution is -2.21. The Morgan fingerprint density at radius 1 is 0.760 bits per heavy atom. The van der Waals surface area contributed by atoms with Crippen molar-refractivity contribution in [2.75, 3.05) is 33.1 Å². The second-order valence-corrected chi connectivity index (χ2v) is 16.1. The van der Waals surface area contributed by atoms with Crippen LogP contribution < -0.4 is 19.6 Å². The topological polar surface area (TPSA) is 28.6 Å².